The van der Waals surface area contributed by atoms with Crippen LogP contribution in [0.5, 0.6) is 5.75 Å². The maximum atomic E-state index is 12.4. The zero-order valence-electron chi connectivity index (χ0n) is 14.7. The number of halogens is 4. The van der Waals surface area contributed by atoms with Crippen molar-refractivity contribution < 1.29 is 36.9 Å². The van der Waals surface area contributed by atoms with Gasteiger partial charge < -0.3 is 19.9 Å². The van der Waals surface area contributed by atoms with E-state index < -0.39 is 37.4 Å². The van der Waals surface area contributed by atoms with E-state index in [1.165, 1.54) is 31.2 Å². The molecule has 1 aromatic carbocycles. The van der Waals surface area contributed by atoms with Crippen LogP contribution in [0, 0.1) is 5.92 Å². The predicted octanol–water partition coefficient (Wildman–Crippen LogP) is 3.48. The van der Waals surface area contributed by atoms with Crippen LogP contribution >= 0.6 is 0 Å². The van der Waals surface area contributed by atoms with E-state index in [4.69, 9.17) is 0 Å². The maximum Gasteiger partial charge on any atom is 0.387 e. The molecule has 1 amide bonds. The molecular weight excluding hydrogens is 358 g/mol. The van der Waals surface area contributed by atoms with Crippen molar-refractivity contribution >= 4 is 5.91 Å². The number of carbonyl (C=O) groups is 1. The summed E-state index contributed by atoms with van der Waals surface area (Å²) in [6.07, 6.45) is -0.261. The molecule has 2 N–H and O–H groups in total. The van der Waals surface area contributed by atoms with Crippen molar-refractivity contribution in [2.75, 3.05) is 6.61 Å². The number of amides is 1. The summed E-state index contributed by atoms with van der Waals surface area (Å²) in [6.45, 7) is -1.74. The topological polar surface area (TPSA) is 67.8 Å². The van der Waals surface area contributed by atoms with Gasteiger partial charge in [0.1, 0.15) is 5.75 Å². The monoisotopic (exact) mass is 381 g/mol. The third-order valence-corrected chi connectivity index (χ3v) is 3.97. The number of hydrogen-bond donors (Lipinski definition) is 2. The van der Waals surface area contributed by atoms with Gasteiger partial charge in [0.15, 0.2) is 0 Å². The number of rotatable bonds is 10. The fraction of sp³-hybridized carbons (Fsp3) is 0.588. The van der Waals surface area contributed by atoms with Crippen LogP contribution in [0.15, 0.2) is 24.3 Å². The Bertz CT molecular complexity index is 582. The van der Waals surface area contributed by atoms with Gasteiger partial charge in [-0.25, -0.2) is 0 Å². The number of hydrogen-bond acceptors (Lipinski definition) is 4. The first kappa shape index (κ1) is 22.2. The van der Waals surface area contributed by atoms with Crippen LogP contribution in [-0.4, -0.2) is 36.4 Å². The quantitative estimate of drug-likeness (QED) is 0.609. The van der Waals surface area contributed by atoms with E-state index in [0.29, 0.717) is 0 Å². The Kier molecular flexibility index (Phi) is 8.29. The van der Waals surface area contributed by atoms with Gasteiger partial charge in [0.2, 0.25) is 5.91 Å². The number of alkyl halides is 4. The average Bonchev–Trinajstić information content (AvgIpc) is 2.50. The Morgan fingerprint density at radius 1 is 1.23 bits per heavy atom. The highest BCUT2D eigenvalue weighted by Crippen LogP contribution is 2.24. The molecule has 1 aromatic rings. The minimum atomic E-state index is -3.06. The van der Waals surface area contributed by atoms with Gasteiger partial charge >= 0.3 is 13.2 Å². The number of carbonyl (C=O) groups excluding carboxylic acids is 1. The van der Waals surface area contributed by atoms with Crippen molar-refractivity contribution in [3.8, 4) is 5.75 Å². The summed E-state index contributed by atoms with van der Waals surface area (Å²) in [7, 11) is 0. The molecule has 5 nitrogen and oxygen atoms in total. The Hall–Kier alpha value is -1.87. The Morgan fingerprint density at radius 3 is 2.42 bits per heavy atom. The van der Waals surface area contributed by atoms with Crippen molar-refractivity contribution in [3.05, 3.63) is 29.8 Å². The van der Waals surface area contributed by atoms with Crippen LogP contribution in [0.25, 0.3) is 0 Å². The van der Waals surface area contributed by atoms with Crippen molar-refractivity contribution in [3.63, 3.8) is 0 Å². The first-order valence-electron chi connectivity index (χ1n) is 7.97. The summed E-state index contributed by atoms with van der Waals surface area (Å²) in [5.41, 5.74) is -1.04. The summed E-state index contributed by atoms with van der Waals surface area (Å²) in [6, 6.07) is 4.29. The number of benzene rings is 1. The van der Waals surface area contributed by atoms with E-state index in [0.717, 1.165) is 0 Å². The molecular formula is C17H23F4NO4. The van der Waals surface area contributed by atoms with Crippen LogP contribution in [0.2, 0.25) is 0 Å². The van der Waals surface area contributed by atoms with E-state index in [-0.39, 0.29) is 23.7 Å². The third kappa shape index (κ3) is 7.57. The SMILES string of the molecule is CC(C)[C@@](C)(O)CC(=O)N[C@@H](COC(F)F)c1cccc(OC(F)F)c1. The second-order valence-electron chi connectivity index (χ2n) is 6.35. The van der Waals surface area contributed by atoms with Crippen molar-refractivity contribution in [1.29, 1.82) is 0 Å². The maximum absolute atomic E-state index is 12.4. The molecule has 2 atom stereocenters. The van der Waals surface area contributed by atoms with E-state index in [1.807, 2.05) is 0 Å². The average molecular weight is 381 g/mol. The molecule has 0 unspecified atom stereocenters. The molecule has 0 fully saturated rings. The lowest BCUT2D eigenvalue weighted by Gasteiger charge is -2.28. The molecule has 0 aromatic heterocycles. The van der Waals surface area contributed by atoms with Crippen LogP contribution < -0.4 is 10.1 Å². The highest BCUT2D eigenvalue weighted by molar-refractivity contribution is 5.77. The van der Waals surface area contributed by atoms with Gasteiger partial charge in [-0.05, 0) is 30.5 Å². The first-order valence-corrected chi connectivity index (χ1v) is 7.97. The molecule has 9 heteroatoms. The first-order chi connectivity index (χ1) is 12.0. The van der Waals surface area contributed by atoms with Crippen LogP contribution in [0.4, 0.5) is 17.6 Å². The van der Waals surface area contributed by atoms with E-state index in [9.17, 15) is 27.5 Å². The summed E-state index contributed by atoms with van der Waals surface area (Å²) in [5, 5.41) is 12.7. The van der Waals surface area contributed by atoms with Crippen LogP contribution in [0.3, 0.4) is 0 Å². The van der Waals surface area contributed by atoms with E-state index in [1.54, 1.807) is 13.8 Å². The fourth-order valence-corrected chi connectivity index (χ4v) is 2.07. The summed E-state index contributed by atoms with van der Waals surface area (Å²) in [5.74, 6) is -0.985. The zero-order valence-corrected chi connectivity index (χ0v) is 14.7. The van der Waals surface area contributed by atoms with Gasteiger partial charge in [0.05, 0.1) is 24.7 Å². The van der Waals surface area contributed by atoms with Crippen LogP contribution in [-0.2, 0) is 9.53 Å². The summed E-state index contributed by atoms with van der Waals surface area (Å²) >= 11 is 0. The van der Waals surface area contributed by atoms with Gasteiger partial charge in [-0.1, -0.05) is 26.0 Å². The molecule has 26 heavy (non-hydrogen) atoms. The Labute approximate surface area is 149 Å². The highest BCUT2D eigenvalue weighted by Gasteiger charge is 2.29. The molecule has 0 aliphatic heterocycles. The molecule has 0 spiro atoms. The molecule has 0 heterocycles. The molecule has 0 radical (unpaired) electrons. The number of nitrogens with one attached hydrogen (secondary N) is 1. The standard InChI is InChI=1S/C17H23F4NO4/c1-10(2)17(3,24)8-14(23)22-13(9-25-15(18)19)11-5-4-6-12(7-11)26-16(20)21/h4-7,10,13,15-16,24H,8-9H2,1-3H3,(H,22,23)/t13-,17-/m0/s1. The third-order valence-electron chi connectivity index (χ3n) is 3.97. The normalized spacial score (nSPS) is 15.2. The smallest absolute Gasteiger partial charge is 0.387 e. The second kappa shape index (κ2) is 9.72. The number of aliphatic hydroxyl groups is 1. The fourth-order valence-electron chi connectivity index (χ4n) is 2.07. The molecule has 0 aliphatic carbocycles. The van der Waals surface area contributed by atoms with Crippen molar-refractivity contribution in [2.45, 2.75) is 52.1 Å². The molecule has 0 bridgehead atoms. The Morgan fingerprint density at radius 2 is 1.88 bits per heavy atom. The van der Waals surface area contributed by atoms with Gasteiger partial charge in [-0.3, -0.25) is 4.79 Å². The van der Waals surface area contributed by atoms with E-state index in [2.05, 4.69) is 14.8 Å². The molecule has 0 saturated carbocycles. The van der Waals surface area contributed by atoms with Crippen molar-refractivity contribution in [1.82, 2.24) is 5.32 Å². The highest BCUT2D eigenvalue weighted by atomic mass is 19.3. The molecule has 0 aliphatic rings. The molecule has 0 saturated heterocycles. The lowest BCUT2D eigenvalue weighted by molar-refractivity contribution is -0.141. The predicted molar refractivity (Wildman–Crippen MR) is 86.0 cm³/mol. The van der Waals surface area contributed by atoms with E-state index >= 15 is 0 Å². The lowest BCUT2D eigenvalue weighted by Crippen LogP contribution is -2.40. The summed E-state index contributed by atoms with van der Waals surface area (Å²) < 4.78 is 58.0. The summed E-state index contributed by atoms with van der Waals surface area (Å²) in [4.78, 5) is 12.2. The second-order valence-corrected chi connectivity index (χ2v) is 6.35. The minimum Gasteiger partial charge on any atom is -0.435 e. The Balaban J connectivity index is 2.93. The van der Waals surface area contributed by atoms with Gasteiger partial charge in [-0.2, -0.15) is 17.6 Å². The van der Waals surface area contributed by atoms with Crippen molar-refractivity contribution in [2.24, 2.45) is 5.92 Å². The molecule has 148 valence electrons. The lowest BCUT2D eigenvalue weighted by atomic mass is 9.89. The van der Waals surface area contributed by atoms with Crippen LogP contribution in [0.1, 0.15) is 38.8 Å². The minimum absolute atomic E-state index is 0.178. The van der Waals surface area contributed by atoms with Gasteiger partial charge in [0.25, 0.3) is 0 Å². The van der Waals surface area contributed by atoms with Gasteiger partial charge in [0, 0.05) is 0 Å². The largest absolute Gasteiger partial charge is 0.435 e. The number of ether oxygens (including phenoxy) is 2. The molecule has 1 rings (SSSR count). The van der Waals surface area contributed by atoms with Gasteiger partial charge in [-0.15, -0.1) is 0 Å². The zero-order chi connectivity index (χ0) is 19.9.